The average molecular weight is 377 g/mol. The van der Waals surface area contributed by atoms with Crippen molar-refractivity contribution in [1.29, 1.82) is 5.26 Å². The minimum Gasteiger partial charge on any atom is -0.494 e. The van der Waals surface area contributed by atoms with Gasteiger partial charge in [-0.1, -0.05) is 18.2 Å². The molecule has 2 rings (SSSR count). The van der Waals surface area contributed by atoms with Gasteiger partial charge in [0.1, 0.15) is 5.75 Å². The van der Waals surface area contributed by atoms with Crippen molar-refractivity contribution in [2.75, 3.05) is 18.9 Å². The number of hydrogen-bond acceptors (Lipinski definition) is 5. The van der Waals surface area contributed by atoms with Crippen LogP contribution in [0, 0.1) is 11.3 Å². The maximum atomic E-state index is 12.2. The summed E-state index contributed by atoms with van der Waals surface area (Å²) in [7, 11) is -3.52. The molecule has 0 saturated heterocycles. The second-order valence-corrected chi connectivity index (χ2v) is 8.00. The smallest absolute Gasteiger partial charge is 0.240 e. The first-order valence-corrected chi connectivity index (χ1v) is 10.5. The van der Waals surface area contributed by atoms with Gasteiger partial charge in [0, 0.05) is 18.1 Å². The van der Waals surface area contributed by atoms with Crippen LogP contribution in [-0.2, 0) is 15.8 Å². The molecule has 25 heavy (non-hydrogen) atoms. The molecule has 7 heteroatoms. The lowest BCUT2D eigenvalue weighted by atomic mass is 10.1. The summed E-state index contributed by atoms with van der Waals surface area (Å²) in [6, 6.07) is 15.9. The molecule has 0 fully saturated rings. The molecular formula is C18H20N2O3S2. The third kappa shape index (κ3) is 5.78. The summed E-state index contributed by atoms with van der Waals surface area (Å²) < 4.78 is 32.4. The van der Waals surface area contributed by atoms with E-state index in [0.717, 1.165) is 5.56 Å². The van der Waals surface area contributed by atoms with Crippen LogP contribution in [0.4, 0.5) is 0 Å². The minimum absolute atomic E-state index is 0.218. The van der Waals surface area contributed by atoms with Crippen molar-refractivity contribution < 1.29 is 13.2 Å². The van der Waals surface area contributed by atoms with Crippen LogP contribution in [0.5, 0.6) is 5.75 Å². The lowest BCUT2D eigenvalue weighted by molar-refractivity contribution is 0.340. The van der Waals surface area contributed by atoms with E-state index in [0.29, 0.717) is 36.0 Å². The van der Waals surface area contributed by atoms with E-state index in [2.05, 4.69) is 10.8 Å². The monoisotopic (exact) mass is 376 g/mol. The number of nitrogens with zero attached hydrogens (tertiary/aromatic N) is 1. The Morgan fingerprint density at radius 1 is 1.16 bits per heavy atom. The highest BCUT2D eigenvalue weighted by Crippen LogP contribution is 2.17. The Labute approximate surface area is 153 Å². The molecule has 5 nitrogen and oxygen atoms in total. The zero-order valence-corrected chi connectivity index (χ0v) is 15.6. The van der Waals surface area contributed by atoms with Crippen LogP contribution in [0.25, 0.3) is 0 Å². The van der Waals surface area contributed by atoms with Crippen LogP contribution < -0.4 is 9.46 Å². The lowest BCUT2D eigenvalue weighted by Crippen LogP contribution is -2.26. The van der Waals surface area contributed by atoms with Gasteiger partial charge in [-0.3, -0.25) is 0 Å². The topological polar surface area (TPSA) is 79.2 Å². The Bertz CT molecular complexity index is 828. The molecule has 0 aromatic heterocycles. The third-order valence-electron chi connectivity index (χ3n) is 3.38. The molecule has 0 amide bonds. The van der Waals surface area contributed by atoms with Gasteiger partial charge < -0.3 is 4.74 Å². The zero-order chi connectivity index (χ0) is 18.1. The third-order valence-corrected chi connectivity index (χ3v) is 5.86. The molecule has 132 valence electrons. The van der Waals surface area contributed by atoms with Gasteiger partial charge in [-0.05, 0) is 42.8 Å². The van der Waals surface area contributed by atoms with Gasteiger partial charge >= 0.3 is 0 Å². The molecule has 0 aliphatic carbocycles. The first-order valence-electron chi connectivity index (χ1n) is 7.85. The highest BCUT2D eigenvalue weighted by molar-refractivity contribution is 7.98. The maximum Gasteiger partial charge on any atom is 0.240 e. The van der Waals surface area contributed by atoms with E-state index < -0.39 is 10.0 Å². The van der Waals surface area contributed by atoms with Crippen LogP contribution in [0.1, 0.15) is 18.1 Å². The molecule has 0 saturated carbocycles. The lowest BCUT2D eigenvalue weighted by Gasteiger charge is -2.08. The zero-order valence-electron chi connectivity index (χ0n) is 13.9. The number of sulfonamides is 1. The number of nitrogens with one attached hydrogen (secondary N) is 1. The van der Waals surface area contributed by atoms with Gasteiger partial charge in [0.05, 0.1) is 23.1 Å². The summed E-state index contributed by atoms with van der Waals surface area (Å²) in [5, 5.41) is 9.05. The standard InChI is InChI=1S/C18H20N2O3S2/c1-2-23-17-7-9-18(10-8-17)25(21,22)20-11-12-24-14-16-6-4-3-5-15(16)13-19/h3-10,20H,2,11-12,14H2,1H3. The summed E-state index contributed by atoms with van der Waals surface area (Å²) in [6.45, 7) is 2.74. The number of nitriles is 1. The van der Waals surface area contributed by atoms with E-state index >= 15 is 0 Å². The van der Waals surface area contributed by atoms with Gasteiger partial charge in [-0.15, -0.1) is 0 Å². The van der Waals surface area contributed by atoms with Gasteiger partial charge in [-0.25, -0.2) is 13.1 Å². The molecular weight excluding hydrogens is 356 g/mol. The number of thioether (sulfide) groups is 1. The number of ether oxygens (including phenoxy) is 1. The first-order chi connectivity index (χ1) is 12.1. The quantitative estimate of drug-likeness (QED) is 0.680. The van der Waals surface area contributed by atoms with Crippen LogP contribution in [0.15, 0.2) is 53.4 Å². The van der Waals surface area contributed by atoms with Crippen LogP contribution >= 0.6 is 11.8 Å². The van der Waals surface area contributed by atoms with Crippen LogP contribution in [-0.4, -0.2) is 27.3 Å². The molecule has 2 aromatic carbocycles. The predicted molar refractivity (Wildman–Crippen MR) is 100 cm³/mol. The predicted octanol–water partition coefficient (Wildman–Crippen LogP) is 3.17. The summed E-state index contributed by atoms with van der Waals surface area (Å²) >= 11 is 1.58. The second kappa shape index (κ2) is 9.47. The number of rotatable bonds is 9. The molecule has 0 aliphatic rings. The molecule has 0 heterocycles. The van der Waals surface area contributed by atoms with Crippen molar-refractivity contribution >= 4 is 21.8 Å². The summed E-state index contributed by atoms with van der Waals surface area (Å²) in [5.41, 5.74) is 1.62. The molecule has 1 N–H and O–H groups in total. The molecule has 2 aromatic rings. The normalized spacial score (nSPS) is 11.0. The molecule has 0 unspecified atom stereocenters. The van der Waals surface area contributed by atoms with Gasteiger partial charge in [0.25, 0.3) is 0 Å². The Morgan fingerprint density at radius 2 is 1.88 bits per heavy atom. The number of hydrogen-bond donors (Lipinski definition) is 1. The fourth-order valence-electron chi connectivity index (χ4n) is 2.15. The fraction of sp³-hybridized carbons (Fsp3) is 0.278. The highest BCUT2D eigenvalue weighted by Gasteiger charge is 2.13. The second-order valence-electron chi connectivity index (χ2n) is 5.12. The van der Waals surface area contributed by atoms with Gasteiger partial charge in [-0.2, -0.15) is 17.0 Å². The van der Waals surface area contributed by atoms with Crippen molar-refractivity contribution in [3.05, 3.63) is 59.7 Å². The van der Waals surface area contributed by atoms with Crippen molar-refractivity contribution in [1.82, 2.24) is 4.72 Å². The molecule has 0 aliphatic heterocycles. The number of benzene rings is 2. The Kier molecular flexibility index (Phi) is 7.31. The molecule has 0 radical (unpaired) electrons. The maximum absolute atomic E-state index is 12.2. The molecule has 0 spiro atoms. The first kappa shape index (κ1) is 19.3. The van der Waals surface area contributed by atoms with Gasteiger partial charge in [0.2, 0.25) is 10.0 Å². The van der Waals surface area contributed by atoms with Crippen molar-refractivity contribution in [2.24, 2.45) is 0 Å². The van der Waals surface area contributed by atoms with Crippen LogP contribution in [0.2, 0.25) is 0 Å². The Hall–Kier alpha value is -2.01. The van der Waals surface area contributed by atoms with E-state index in [4.69, 9.17) is 10.00 Å². The van der Waals surface area contributed by atoms with Crippen molar-refractivity contribution in [3.63, 3.8) is 0 Å². The van der Waals surface area contributed by atoms with Crippen molar-refractivity contribution in [3.8, 4) is 11.8 Å². The van der Waals surface area contributed by atoms with Gasteiger partial charge in [0.15, 0.2) is 0 Å². The average Bonchev–Trinajstić information content (AvgIpc) is 2.62. The molecule has 0 atom stereocenters. The summed E-state index contributed by atoms with van der Waals surface area (Å²) in [6.07, 6.45) is 0. The van der Waals surface area contributed by atoms with Crippen LogP contribution in [0.3, 0.4) is 0 Å². The van der Waals surface area contributed by atoms with E-state index in [1.165, 1.54) is 12.1 Å². The SMILES string of the molecule is CCOc1ccc(S(=O)(=O)NCCSCc2ccccc2C#N)cc1. The van der Waals surface area contributed by atoms with E-state index in [1.807, 2.05) is 25.1 Å². The van der Waals surface area contributed by atoms with Crippen molar-refractivity contribution in [2.45, 2.75) is 17.6 Å². The summed E-state index contributed by atoms with van der Waals surface area (Å²) in [5.74, 6) is 1.94. The minimum atomic E-state index is -3.52. The largest absolute Gasteiger partial charge is 0.494 e. The Morgan fingerprint density at radius 3 is 2.56 bits per heavy atom. The van der Waals surface area contributed by atoms with E-state index in [9.17, 15) is 8.42 Å². The summed E-state index contributed by atoms with van der Waals surface area (Å²) in [4.78, 5) is 0.218. The Balaban J connectivity index is 1.81. The fourth-order valence-corrected chi connectivity index (χ4v) is 4.17. The highest BCUT2D eigenvalue weighted by atomic mass is 32.2. The van der Waals surface area contributed by atoms with E-state index in [-0.39, 0.29) is 4.90 Å². The van der Waals surface area contributed by atoms with E-state index in [1.54, 1.807) is 30.0 Å². The molecule has 0 bridgehead atoms.